The first kappa shape index (κ1) is 21.5. The van der Waals surface area contributed by atoms with Gasteiger partial charge in [0.05, 0.1) is 7.11 Å². The molecule has 156 valence electrons. The highest BCUT2D eigenvalue weighted by atomic mass is 35.5. The molecule has 0 bridgehead atoms. The Balaban J connectivity index is 0.00000240. The smallest absolute Gasteiger partial charge is 0.223 e. The minimum Gasteiger partial charge on any atom is -0.497 e. The predicted molar refractivity (Wildman–Crippen MR) is 119 cm³/mol. The van der Waals surface area contributed by atoms with Gasteiger partial charge in [0.2, 0.25) is 5.91 Å². The lowest BCUT2D eigenvalue weighted by atomic mass is 9.95. The van der Waals surface area contributed by atoms with E-state index in [0.29, 0.717) is 6.54 Å². The van der Waals surface area contributed by atoms with Gasteiger partial charge in [-0.1, -0.05) is 30.3 Å². The van der Waals surface area contributed by atoms with Crippen LogP contribution in [0.15, 0.2) is 42.5 Å². The number of ether oxygens (including phenoxy) is 1. The Morgan fingerprint density at radius 1 is 1.17 bits per heavy atom. The number of carbonyl (C=O) groups excluding carboxylic acids is 1. The van der Waals surface area contributed by atoms with Crippen LogP contribution in [-0.4, -0.2) is 37.6 Å². The maximum atomic E-state index is 12.5. The van der Waals surface area contributed by atoms with Crippen molar-refractivity contribution < 1.29 is 9.53 Å². The molecule has 0 unspecified atom stereocenters. The number of methoxy groups -OCH3 is 1. The molecule has 0 atom stereocenters. The molecule has 5 nitrogen and oxygen atoms in total. The normalized spacial score (nSPS) is 16.4. The zero-order valence-corrected chi connectivity index (χ0v) is 17.8. The Labute approximate surface area is 179 Å². The van der Waals surface area contributed by atoms with E-state index < -0.39 is 0 Å². The lowest BCUT2D eigenvalue weighted by Crippen LogP contribution is -2.40. The highest BCUT2D eigenvalue weighted by Gasteiger charge is 2.25. The van der Waals surface area contributed by atoms with Crippen molar-refractivity contribution in [2.24, 2.45) is 5.92 Å². The molecule has 0 spiro atoms. The zero-order valence-electron chi connectivity index (χ0n) is 16.9. The van der Waals surface area contributed by atoms with Crippen molar-refractivity contribution in [3.05, 3.63) is 59.2 Å². The van der Waals surface area contributed by atoms with Crippen LogP contribution in [0, 0.1) is 5.92 Å². The topological polar surface area (TPSA) is 53.6 Å². The van der Waals surface area contributed by atoms with E-state index in [2.05, 4.69) is 33.7 Å². The standard InChI is InChI=1S/C23H29N3O2.ClH/c1-28-21-7-5-17(6-8-21)15-25-23(27)19-10-13-26(14-11-19)16-20-4-2-3-18-9-12-24-22(18)20;/h2-8,19,24H,9-16H2,1H3,(H,25,27);1H. The monoisotopic (exact) mass is 415 g/mol. The zero-order chi connectivity index (χ0) is 19.3. The van der Waals surface area contributed by atoms with E-state index in [9.17, 15) is 4.79 Å². The first-order valence-electron chi connectivity index (χ1n) is 10.2. The molecule has 1 fully saturated rings. The van der Waals surface area contributed by atoms with Gasteiger partial charge in [-0.25, -0.2) is 0 Å². The molecule has 2 aromatic carbocycles. The number of nitrogens with zero attached hydrogens (tertiary/aromatic N) is 1. The Morgan fingerprint density at radius 3 is 2.66 bits per heavy atom. The quantitative estimate of drug-likeness (QED) is 0.756. The average molecular weight is 416 g/mol. The summed E-state index contributed by atoms with van der Waals surface area (Å²) in [6.07, 6.45) is 2.98. The number of piperidine rings is 1. The number of para-hydroxylation sites is 1. The number of likely N-dealkylation sites (tertiary alicyclic amines) is 1. The van der Waals surface area contributed by atoms with Crippen molar-refractivity contribution in [1.82, 2.24) is 10.2 Å². The van der Waals surface area contributed by atoms with Gasteiger partial charge in [-0.15, -0.1) is 12.4 Å². The van der Waals surface area contributed by atoms with Crippen molar-refractivity contribution >= 4 is 24.0 Å². The molecule has 29 heavy (non-hydrogen) atoms. The molecule has 6 heteroatoms. The third-order valence-electron chi connectivity index (χ3n) is 5.91. The number of fused-ring (bicyclic) bond motifs is 1. The van der Waals surface area contributed by atoms with E-state index in [4.69, 9.17) is 4.74 Å². The second-order valence-electron chi connectivity index (χ2n) is 7.74. The third-order valence-corrected chi connectivity index (χ3v) is 5.91. The van der Waals surface area contributed by atoms with E-state index in [1.54, 1.807) is 7.11 Å². The van der Waals surface area contributed by atoms with Gasteiger partial charge in [-0.2, -0.15) is 0 Å². The number of nitrogens with one attached hydrogen (secondary N) is 2. The molecule has 2 heterocycles. The highest BCUT2D eigenvalue weighted by Crippen LogP contribution is 2.28. The van der Waals surface area contributed by atoms with Gasteiger partial charge in [-0.3, -0.25) is 9.69 Å². The molecular weight excluding hydrogens is 386 g/mol. The van der Waals surface area contributed by atoms with E-state index in [1.165, 1.54) is 16.8 Å². The van der Waals surface area contributed by atoms with Crippen LogP contribution in [-0.2, 0) is 24.3 Å². The van der Waals surface area contributed by atoms with Gasteiger partial charge < -0.3 is 15.4 Å². The Morgan fingerprint density at radius 2 is 1.93 bits per heavy atom. The fraction of sp³-hybridized carbons (Fsp3) is 0.435. The van der Waals surface area contributed by atoms with Crippen LogP contribution in [0.1, 0.15) is 29.5 Å². The molecule has 0 saturated carbocycles. The second-order valence-corrected chi connectivity index (χ2v) is 7.74. The van der Waals surface area contributed by atoms with Crippen molar-refractivity contribution in [3.63, 3.8) is 0 Å². The summed E-state index contributed by atoms with van der Waals surface area (Å²) in [6.45, 7) is 4.54. The van der Waals surface area contributed by atoms with Gasteiger partial charge in [0.1, 0.15) is 5.75 Å². The molecule has 1 amide bonds. The Hall–Kier alpha value is -2.24. The molecule has 2 aromatic rings. The van der Waals surface area contributed by atoms with Gasteiger partial charge in [-0.05, 0) is 61.2 Å². The van der Waals surface area contributed by atoms with Crippen LogP contribution in [0.3, 0.4) is 0 Å². The summed E-state index contributed by atoms with van der Waals surface area (Å²) >= 11 is 0. The van der Waals surface area contributed by atoms with Crippen LogP contribution >= 0.6 is 12.4 Å². The van der Waals surface area contributed by atoms with Gasteiger partial charge >= 0.3 is 0 Å². The molecular formula is C23H30ClN3O2. The van der Waals surface area contributed by atoms with Crippen molar-refractivity contribution in [2.45, 2.75) is 32.4 Å². The Kier molecular flexibility index (Phi) is 7.40. The predicted octanol–water partition coefficient (Wildman–Crippen LogP) is 3.61. The summed E-state index contributed by atoms with van der Waals surface area (Å²) in [5, 5.41) is 6.62. The van der Waals surface area contributed by atoms with Crippen molar-refractivity contribution in [1.29, 1.82) is 0 Å². The van der Waals surface area contributed by atoms with Crippen LogP contribution < -0.4 is 15.4 Å². The average Bonchev–Trinajstić information content (AvgIpc) is 3.23. The molecule has 2 aliphatic rings. The number of carbonyl (C=O) groups is 1. The summed E-state index contributed by atoms with van der Waals surface area (Å²) in [4.78, 5) is 15.0. The summed E-state index contributed by atoms with van der Waals surface area (Å²) < 4.78 is 5.17. The lowest BCUT2D eigenvalue weighted by Gasteiger charge is -2.31. The van der Waals surface area contributed by atoms with Crippen LogP contribution in [0.25, 0.3) is 0 Å². The number of anilines is 1. The maximum absolute atomic E-state index is 12.5. The summed E-state index contributed by atoms with van der Waals surface area (Å²) in [5.74, 6) is 1.13. The molecule has 0 aliphatic carbocycles. The van der Waals surface area contributed by atoms with Crippen LogP contribution in [0.4, 0.5) is 5.69 Å². The summed E-state index contributed by atoms with van der Waals surface area (Å²) in [7, 11) is 1.66. The van der Waals surface area contributed by atoms with E-state index >= 15 is 0 Å². The minimum absolute atomic E-state index is 0. The number of halogens is 1. The molecule has 0 aromatic heterocycles. The van der Waals surface area contributed by atoms with Crippen LogP contribution in [0.2, 0.25) is 0 Å². The number of amides is 1. The van der Waals surface area contributed by atoms with Gasteiger partial charge in [0.25, 0.3) is 0 Å². The second kappa shape index (κ2) is 9.99. The number of benzene rings is 2. The summed E-state index contributed by atoms with van der Waals surface area (Å²) in [6, 6.07) is 14.5. The third kappa shape index (κ3) is 5.22. The fourth-order valence-corrected chi connectivity index (χ4v) is 4.21. The molecule has 1 saturated heterocycles. The van der Waals surface area contributed by atoms with E-state index in [1.807, 2.05) is 24.3 Å². The van der Waals surface area contributed by atoms with E-state index in [0.717, 1.165) is 56.8 Å². The largest absolute Gasteiger partial charge is 0.497 e. The van der Waals surface area contributed by atoms with Crippen molar-refractivity contribution in [3.8, 4) is 5.75 Å². The van der Waals surface area contributed by atoms with Gasteiger partial charge in [0, 0.05) is 31.2 Å². The highest BCUT2D eigenvalue weighted by molar-refractivity contribution is 5.85. The SMILES string of the molecule is COc1ccc(CNC(=O)C2CCN(Cc3cccc4c3NCC4)CC2)cc1.Cl. The van der Waals surface area contributed by atoms with Crippen molar-refractivity contribution in [2.75, 3.05) is 32.1 Å². The first-order chi connectivity index (χ1) is 13.7. The number of hydrogen-bond donors (Lipinski definition) is 2. The summed E-state index contributed by atoms with van der Waals surface area (Å²) in [5.41, 5.74) is 5.25. The molecule has 0 radical (unpaired) electrons. The maximum Gasteiger partial charge on any atom is 0.223 e. The number of hydrogen-bond acceptors (Lipinski definition) is 4. The molecule has 2 N–H and O–H groups in total. The van der Waals surface area contributed by atoms with E-state index in [-0.39, 0.29) is 24.2 Å². The first-order valence-corrected chi connectivity index (χ1v) is 10.2. The van der Waals surface area contributed by atoms with Crippen LogP contribution in [0.5, 0.6) is 5.75 Å². The Bertz CT molecular complexity index is 817. The minimum atomic E-state index is 0. The molecule has 2 aliphatic heterocycles. The lowest BCUT2D eigenvalue weighted by molar-refractivity contribution is -0.126. The number of rotatable bonds is 6. The fourth-order valence-electron chi connectivity index (χ4n) is 4.21. The van der Waals surface area contributed by atoms with Gasteiger partial charge in [0.15, 0.2) is 0 Å². The molecule has 4 rings (SSSR count).